The minimum absolute atomic E-state index is 0.0327. The molecule has 0 atom stereocenters. The fourth-order valence-electron chi connectivity index (χ4n) is 1.74. The van der Waals surface area contributed by atoms with Crippen molar-refractivity contribution < 1.29 is 9.15 Å². The first-order valence-electron chi connectivity index (χ1n) is 6.59. The third-order valence-electron chi connectivity index (χ3n) is 2.75. The van der Waals surface area contributed by atoms with E-state index < -0.39 is 5.76 Å². The zero-order valence-electron chi connectivity index (χ0n) is 11.0. The molecular formula is C14H18N2O3. The number of hydrogen-bond acceptors (Lipinski definition) is 4. The average Bonchev–Trinajstić information content (AvgIpc) is 2.81. The van der Waals surface area contributed by atoms with Gasteiger partial charge >= 0.3 is 11.8 Å². The topological polar surface area (TPSA) is 57.3 Å². The van der Waals surface area contributed by atoms with Gasteiger partial charge < -0.3 is 9.15 Å². The van der Waals surface area contributed by atoms with Crippen LogP contribution < -0.4 is 10.5 Å². The van der Waals surface area contributed by atoms with E-state index in [2.05, 4.69) is 12.0 Å². The normalized spacial score (nSPS) is 10.6. The maximum absolute atomic E-state index is 11.6. The molecule has 0 unspecified atom stereocenters. The molecule has 0 spiro atoms. The molecule has 0 N–H and O–H groups in total. The molecular weight excluding hydrogens is 244 g/mol. The fourth-order valence-corrected chi connectivity index (χ4v) is 1.74. The van der Waals surface area contributed by atoms with Gasteiger partial charge in [-0.2, -0.15) is 4.68 Å². The minimum atomic E-state index is -0.533. The van der Waals surface area contributed by atoms with Crippen LogP contribution in [0.5, 0.6) is 6.08 Å². The van der Waals surface area contributed by atoms with E-state index in [9.17, 15) is 4.79 Å². The standard InChI is InChI=1S/C14H18N2O3/c1-2-3-4-8-11-18-13-15-16(14(17)19-13)12-9-6-5-7-10-12/h5-7,9-10H,2-4,8,11H2,1H3. The van der Waals surface area contributed by atoms with Crippen molar-refractivity contribution in [3.8, 4) is 11.8 Å². The lowest BCUT2D eigenvalue weighted by atomic mass is 10.2. The van der Waals surface area contributed by atoms with E-state index in [0.29, 0.717) is 12.3 Å². The summed E-state index contributed by atoms with van der Waals surface area (Å²) in [6, 6.07) is 9.12. The SMILES string of the molecule is CCCCCCOc1nn(-c2ccccc2)c(=O)o1. The van der Waals surface area contributed by atoms with Crippen molar-refractivity contribution in [2.24, 2.45) is 0 Å². The van der Waals surface area contributed by atoms with Crippen LogP contribution in [-0.4, -0.2) is 16.4 Å². The van der Waals surface area contributed by atoms with Crippen molar-refractivity contribution in [3.63, 3.8) is 0 Å². The Morgan fingerprint density at radius 1 is 1.21 bits per heavy atom. The zero-order valence-corrected chi connectivity index (χ0v) is 11.0. The van der Waals surface area contributed by atoms with Crippen LogP contribution in [0.1, 0.15) is 32.6 Å². The number of para-hydroxylation sites is 1. The fraction of sp³-hybridized carbons (Fsp3) is 0.429. The number of ether oxygens (including phenoxy) is 1. The van der Waals surface area contributed by atoms with E-state index in [-0.39, 0.29) is 6.08 Å². The monoisotopic (exact) mass is 262 g/mol. The lowest BCUT2D eigenvalue weighted by molar-refractivity contribution is 0.219. The lowest BCUT2D eigenvalue weighted by Gasteiger charge is -1.99. The maximum atomic E-state index is 11.6. The second kappa shape index (κ2) is 6.78. The van der Waals surface area contributed by atoms with Gasteiger partial charge in [0.05, 0.1) is 12.3 Å². The minimum Gasteiger partial charge on any atom is -0.449 e. The van der Waals surface area contributed by atoms with Gasteiger partial charge in [-0.05, 0) is 18.6 Å². The predicted octanol–water partition coefficient (Wildman–Crippen LogP) is 2.78. The molecule has 0 aliphatic rings. The van der Waals surface area contributed by atoms with Gasteiger partial charge in [-0.15, -0.1) is 0 Å². The highest BCUT2D eigenvalue weighted by molar-refractivity contribution is 5.29. The molecule has 0 radical (unpaired) electrons. The maximum Gasteiger partial charge on any atom is 0.444 e. The van der Waals surface area contributed by atoms with Gasteiger partial charge in [-0.1, -0.05) is 49.5 Å². The van der Waals surface area contributed by atoms with Gasteiger partial charge in [0.2, 0.25) is 0 Å². The number of unbranched alkanes of at least 4 members (excludes halogenated alkanes) is 3. The Labute approximate surface area is 111 Å². The number of rotatable bonds is 7. The van der Waals surface area contributed by atoms with E-state index in [0.717, 1.165) is 12.8 Å². The Hall–Kier alpha value is -2.04. The lowest BCUT2D eigenvalue weighted by Crippen LogP contribution is -2.12. The Balaban J connectivity index is 1.96. The molecule has 0 amide bonds. The number of nitrogens with zero attached hydrogens (tertiary/aromatic N) is 2. The predicted molar refractivity (Wildman–Crippen MR) is 71.7 cm³/mol. The molecule has 1 aromatic heterocycles. The largest absolute Gasteiger partial charge is 0.449 e. The highest BCUT2D eigenvalue weighted by Gasteiger charge is 2.10. The Morgan fingerprint density at radius 2 is 2.00 bits per heavy atom. The van der Waals surface area contributed by atoms with Gasteiger partial charge in [-0.3, -0.25) is 0 Å². The summed E-state index contributed by atoms with van der Waals surface area (Å²) in [4.78, 5) is 11.6. The number of benzene rings is 1. The molecule has 2 rings (SSSR count). The summed E-state index contributed by atoms with van der Waals surface area (Å²) in [5.41, 5.74) is 0.664. The molecule has 0 saturated carbocycles. The molecule has 0 bridgehead atoms. The first kappa shape index (κ1) is 13.4. The van der Waals surface area contributed by atoms with Crippen LogP contribution in [0.15, 0.2) is 39.5 Å². The van der Waals surface area contributed by atoms with Gasteiger partial charge in [0.15, 0.2) is 0 Å². The van der Waals surface area contributed by atoms with Crippen molar-refractivity contribution in [1.82, 2.24) is 9.78 Å². The van der Waals surface area contributed by atoms with Crippen molar-refractivity contribution in [2.75, 3.05) is 6.61 Å². The van der Waals surface area contributed by atoms with Crippen molar-refractivity contribution in [1.29, 1.82) is 0 Å². The zero-order chi connectivity index (χ0) is 13.5. The molecule has 102 valence electrons. The summed E-state index contributed by atoms with van der Waals surface area (Å²) in [5.74, 6) is -0.533. The van der Waals surface area contributed by atoms with Crippen molar-refractivity contribution in [3.05, 3.63) is 40.9 Å². The van der Waals surface area contributed by atoms with Gasteiger partial charge in [0, 0.05) is 0 Å². The number of aromatic nitrogens is 2. The van der Waals surface area contributed by atoms with E-state index in [4.69, 9.17) is 9.15 Å². The highest BCUT2D eigenvalue weighted by atomic mass is 16.6. The quantitative estimate of drug-likeness (QED) is 0.720. The summed E-state index contributed by atoms with van der Waals surface area (Å²) in [7, 11) is 0. The van der Waals surface area contributed by atoms with E-state index in [1.807, 2.05) is 18.2 Å². The molecule has 0 aliphatic carbocycles. The molecule has 19 heavy (non-hydrogen) atoms. The highest BCUT2D eigenvalue weighted by Crippen LogP contribution is 2.08. The van der Waals surface area contributed by atoms with E-state index in [1.165, 1.54) is 17.5 Å². The molecule has 0 aliphatic heterocycles. The van der Waals surface area contributed by atoms with Crippen LogP contribution in [0.25, 0.3) is 5.69 Å². The van der Waals surface area contributed by atoms with Crippen LogP contribution in [0.4, 0.5) is 0 Å². The Bertz CT molecular complexity index is 545. The average molecular weight is 262 g/mol. The first-order chi connectivity index (χ1) is 9.31. The molecule has 5 heteroatoms. The molecule has 0 saturated heterocycles. The van der Waals surface area contributed by atoms with Crippen LogP contribution in [-0.2, 0) is 0 Å². The van der Waals surface area contributed by atoms with Gasteiger partial charge in [0.1, 0.15) is 0 Å². The van der Waals surface area contributed by atoms with Crippen molar-refractivity contribution in [2.45, 2.75) is 32.6 Å². The van der Waals surface area contributed by atoms with Gasteiger partial charge in [-0.25, -0.2) is 4.79 Å². The van der Waals surface area contributed by atoms with Gasteiger partial charge in [0.25, 0.3) is 0 Å². The molecule has 1 aromatic carbocycles. The molecule has 2 aromatic rings. The third-order valence-corrected chi connectivity index (χ3v) is 2.75. The molecule has 1 heterocycles. The summed E-state index contributed by atoms with van der Waals surface area (Å²) in [6.45, 7) is 2.68. The first-order valence-corrected chi connectivity index (χ1v) is 6.59. The molecule has 0 fully saturated rings. The van der Waals surface area contributed by atoms with Crippen LogP contribution in [0.3, 0.4) is 0 Å². The second-order valence-corrected chi connectivity index (χ2v) is 4.29. The van der Waals surface area contributed by atoms with E-state index >= 15 is 0 Å². The Morgan fingerprint density at radius 3 is 2.74 bits per heavy atom. The van der Waals surface area contributed by atoms with Crippen molar-refractivity contribution >= 4 is 0 Å². The van der Waals surface area contributed by atoms with Crippen LogP contribution >= 0.6 is 0 Å². The van der Waals surface area contributed by atoms with E-state index in [1.54, 1.807) is 12.1 Å². The van der Waals surface area contributed by atoms with Crippen LogP contribution in [0.2, 0.25) is 0 Å². The second-order valence-electron chi connectivity index (χ2n) is 4.29. The summed E-state index contributed by atoms with van der Waals surface area (Å²) < 4.78 is 11.5. The third kappa shape index (κ3) is 3.71. The van der Waals surface area contributed by atoms with Crippen LogP contribution in [0, 0.1) is 0 Å². The summed E-state index contributed by atoms with van der Waals surface area (Å²) in [5, 5.41) is 4.01. The Kier molecular flexibility index (Phi) is 4.78. The smallest absolute Gasteiger partial charge is 0.444 e. The number of hydrogen-bond donors (Lipinski definition) is 0. The summed E-state index contributed by atoms with van der Waals surface area (Å²) >= 11 is 0. The molecule has 5 nitrogen and oxygen atoms in total. The summed E-state index contributed by atoms with van der Waals surface area (Å²) in [6.07, 6.45) is 4.45.